The lowest BCUT2D eigenvalue weighted by molar-refractivity contribution is 0.483. The van der Waals surface area contributed by atoms with Crippen LogP contribution < -0.4 is 30.4 Å². The third-order valence-electron chi connectivity index (χ3n) is 10.1. The van der Waals surface area contributed by atoms with Crippen molar-refractivity contribution in [2.45, 2.75) is 0 Å². The van der Waals surface area contributed by atoms with Gasteiger partial charge in [0.05, 0.1) is 17.1 Å². The molecule has 0 saturated heterocycles. The van der Waals surface area contributed by atoms with Gasteiger partial charge in [0, 0.05) is 40.9 Å². The highest BCUT2D eigenvalue weighted by Crippen LogP contribution is 2.42. The number of hydrogen-bond donors (Lipinski definition) is 0. The Kier molecular flexibility index (Phi) is 7.08. The van der Waals surface area contributed by atoms with Crippen LogP contribution in [0.2, 0.25) is 0 Å². The number of rotatable bonds is 6. The van der Waals surface area contributed by atoms with E-state index in [4.69, 9.17) is 14.1 Å². The van der Waals surface area contributed by atoms with Crippen molar-refractivity contribution in [2.75, 3.05) is 4.90 Å². The summed E-state index contributed by atoms with van der Waals surface area (Å²) in [7, 11) is -2.92. The molecule has 3 aromatic heterocycles. The zero-order valence-electron chi connectivity index (χ0n) is 28.1. The molecule has 1 aliphatic heterocycles. The van der Waals surface area contributed by atoms with Gasteiger partial charge >= 0.3 is 0 Å². The van der Waals surface area contributed by atoms with Gasteiger partial charge in [-0.15, -0.1) is 0 Å². The molecule has 0 spiro atoms. The molecule has 6 aromatic carbocycles. The summed E-state index contributed by atoms with van der Waals surface area (Å²) in [6.45, 7) is 0. The molecule has 52 heavy (non-hydrogen) atoms. The minimum absolute atomic E-state index is 0.722. The molecule has 1 aliphatic rings. The van der Waals surface area contributed by atoms with Gasteiger partial charge in [0.25, 0.3) is 0 Å². The van der Waals surface area contributed by atoms with Crippen molar-refractivity contribution < 1.29 is 9.15 Å². The zero-order chi connectivity index (χ0) is 34.5. The predicted octanol–water partition coefficient (Wildman–Crippen LogP) is 9.00. The van der Waals surface area contributed by atoms with Gasteiger partial charge in [-0.3, -0.25) is 9.88 Å². The van der Waals surface area contributed by atoms with Gasteiger partial charge in [-0.05, 0) is 75.3 Å². The molecule has 6 heteroatoms. The highest BCUT2D eigenvalue weighted by molar-refractivity contribution is 7.21. The zero-order valence-corrected chi connectivity index (χ0v) is 29.1. The second kappa shape index (κ2) is 12.2. The third-order valence-corrected chi connectivity index (χ3v) is 14.9. The monoisotopic (exact) mass is 685 g/mol. The molecule has 4 heterocycles. The fraction of sp³-hybridized carbons (Fsp3) is 0. The van der Waals surface area contributed by atoms with E-state index < -0.39 is 8.07 Å². The van der Waals surface area contributed by atoms with Crippen LogP contribution in [0.1, 0.15) is 0 Å². The number of furan rings is 1. The van der Waals surface area contributed by atoms with Crippen molar-refractivity contribution in [2.24, 2.45) is 0 Å². The average Bonchev–Trinajstić information content (AvgIpc) is 3.58. The lowest BCUT2D eigenvalue weighted by Crippen LogP contribution is -2.77. The fourth-order valence-corrected chi connectivity index (χ4v) is 12.9. The van der Waals surface area contributed by atoms with Crippen molar-refractivity contribution in [3.05, 3.63) is 188 Å². The maximum absolute atomic E-state index is 6.56. The molecule has 0 saturated carbocycles. The Morgan fingerprint density at radius 2 is 1.21 bits per heavy atom. The molecule has 9 aromatic rings. The topological polar surface area (TPSA) is 51.4 Å². The summed E-state index contributed by atoms with van der Waals surface area (Å²) in [5.41, 5.74) is 5.60. The Morgan fingerprint density at radius 3 is 2.00 bits per heavy atom. The minimum Gasteiger partial charge on any atom is -0.457 e. The number of hydrogen-bond acceptors (Lipinski definition) is 5. The van der Waals surface area contributed by atoms with Gasteiger partial charge in [0.2, 0.25) is 0 Å². The lowest BCUT2D eigenvalue weighted by atomic mass is 10.1. The molecule has 10 rings (SSSR count). The Balaban J connectivity index is 1.21. The van der Waals surface area contributed by atoms with Gasteiger partial charge in [-0.2, -0.15) is 0 Å². The van der Waals surface area contributed by atoms with E-state index in [1.165, 1.54) is 20.7 Å². The summed E-state index contributed by atoms with van der Waals surface area (Å²) in [6.07, 6.45) is 3.70. The first kappa shape index (κ1) is 30.1. The minimum atomic E-state index is -2.92. The molecular weight excluding hydrogens is 655 g/mol. The van der Waals surface area contributed by atoms with E-state index in [9.17, 15) is 0 Å². The molecule has 0 amide bonds. The molecule has 0 radical (unpaired) electrons. The van der Waals surface area contributed by atoms with Crippen LogP contribution >= 0.6 is 0 Å². The summed E-state index contributed by atoms with van der Waals surface area (Å²) in [6, 6.07) is 61.5. The number of nitrogens with zero attached hydrogens (tertiary/aromatic N) is 3. The molecule has 246 valence electrons. The van der Waals surface area contributed by atoms with Crippen LogP contribution in [0.4, 0.5) is 17.2 Å². The number of ether oxygens (including phenoxy) is 1. The molecule has 5 nitrogen and oxygen atoms in total. The van der Waals surface area contributed by atoms with Crippen LogP contribution in [0, 0.1) is 0 Å². The first-order chi connectivity index (χ1) is 25.8. The average molecular weight is 686 g/mol. The molecule has 0 atom stereocenters. The van der Waals surface area contributed by atoms with Gasteiger partial charge in [0.15, 0.2) is 8.07 Å². The van der Waals surface area contributed by atoms with Gasteiger partial charge < -0.3 is 9.15 Å². The van der Waals surface area contributed by atoms with Crippen molar-refractivity contribution >= 4 is 68.0 Å². The summed E-state index contributed by atoms with van der Waals surface area (Å²) in [5.74, 6) is 2.36. The van der Waals surface area contributed by atoms with Crippen LogP contribution in [0.3, 0.4) is 0 Å². The number of para-hydroxylation sites is 1. The van der Waals surface area contributed by atoms with Crippen molar-refractivity contribution in [3.8, 4) is 22.8 Å². The molecule has 0 N–H and O–H groups in total. The number of aromatic nitrogens is 2. The van der Waals surface area contributed by atoms with Crippen LogP contribution in [-0.2, 0) is 0 Å². The van der Waals surface area contributed by atoms with E-state index in [2.05, 4.69) is 119 Å². The van der Waals surface area contributed by atoms with Crippen LogP contribution in [0.25, 0.3) is 33.2 Å². The summed E-state index contributed by atoms with van der Waals surface area (Å²) < 4.78 is 13.1. The normalized spacial score (nSPS) is 13.1. The number of benzene rings is 6. The smallest absolute Gasteiger partial charge is 0.186 e. The van der Waals surface area contributed by atoms with E-state index in [-0.39, 0.29) is 0 Å². The first-order valence-electron chi connectivity index (χ1n) is 17.4. The standard InChI is InChI=1S/C46H31N3O2Si/c1-3-18-36(19-4-1)52(37-20-5-2-6-21-37)44-25-13-27-48-46(44)49(41-31-43-39(30-45(41)52)38-22-7-8-24-42(38)51-43)33-15-12-17-35(29-33)50-34-16-11-14-32(28-34)40-23-9-10-26-47-40/h1-31H. The second-order valence-electron chi connectivity index (χ2n) is 13.0. The maximum atomic E-state index is 6.56. The Hall–Kier alpha value is -6.76. The van der Waals surface area contributed by atoms with Crippen LogP contribution in [0.15, 0.2) is 193 Å². The first-order valence-corrected chi connectivity index (χ1v) is 19.4. The van der Waals surface area contributed by atoms with E-state index >= 15 is 0 Å². The van der Waals surface area contributed by atoms with Crippen molar-refractivity contribution in [1.82, 2.24) is 9.97 Å². The molecule has 0 aliphatic carbocycles. The van der Waals surface area contributed by atoms with Gasteiger partial charge in [0.1, 0.15) is 28.5 Å². The Morgan fingerprint density at radius 1 is 0.500 bits per heavy atom. The number of pyridine rings is 2. The fourth-order valence-electron chi connectivity index (χ4n) is 7.87. The van der Waals surface area contributed by atoms with Gasteiger partial charge in [-0.25, -0.2) is 4.98 Å². The Bertz CT molecular complexity index is 2690. The van der Waals surface area contributed by atoms with E-state index in [1.807, 2.05) is 72.9 Å². The SMILES string of the molecule is c1ccc([Si]2(c3ccccc3)c3cc4c(cc3N(c3cccc(Oc5cccc(-c6ccccn6)c5)c3)c3ncccc32)oc2ccccc24)cc1. The third kappa shape index (κ3) is 4.76. The lowest BCUT2D eigenvalue weighted by Gasteiger charge is -2.44. The van der Waals surface area contributed by atoms with E-state index in [0.717, 1.165) is 61.9 Å². The maximum Gasteiger partial charge on any atom is 0.186 e. The molecule has 0 fully saturated rings. The highest BCUT2D eigenvalue weighted by Gasteiger charge is 2.50. The van der Waals surface area contributed by atoms with E-state index in [1.54, 1.807) is 6.20 Å². The van der Waals surface area contributed by atoms with E-state index in [0.29, 0.717) is 0 Å². The quantitative estimate of drug-likeness (QED) is 0.164. The molecule has 0 bridgehead atoms. The van der Waals surface area contributed by atoms with Crippen molar-refractivity contribution in [1.29, 1.82) is 0 Å². The Labute approximate surface area is 302 Å². The summed E-state index contributed by atoms with van der Waals surface area (Å²) >= 11 is 0. The second-order valence-corrected chi connectivity index (χ2v) is 16.7. The number of fused-ring (bicyclic) bond motifs is 5. The van der Waals surface area contributed by atoms with Gasteiger partial charge in [-0.1, -0.05) is 109 Å². The van der Waals surface area contributed by atoms with Crippen LogP contribution in [-0.4, -0.2) is 18.0 Å². The molecule has 0 unspecified atom stereocenters. The highest BCUT2D eigenvalue weighted by atomic mass is 28.3. The largest absolute Gasteiger partial charge is 0.457 e. The summed E-state index contributed by atoms with van der Waals surface area (Å²) in [5, 5.41) is 7.31. The number of anilines is 3. The van der Waals surface area contributed by atoms with Crippen molar-refractivity contribution in [3.63, 3.8) is 0 Å². The predicted molar refractivity (Wildman–Crippen MR) is 213 cm³/mol. The van der Waals surface area contributed by atoms with Crippen LogP contribution in [0.5, 0.6) is 11.5 Å². The summed E-state index contributed by atoms with van der Waals surface area (Å²) in [4.78, 5) is 12.0. The molecular formula is C46H31N3O2Si.